The molecule has 0 saturated carbocycles. The van der Waals surface area contributed by atoms with Gasteiger partial charge in [0.05, 0.1) is 5.02 Å². The first-order valence-electron chi connectivity index (χ1n) is 7.74. The Morgan fingerprint density at radius 3 is 2.38 bits per heavy atom. The summed E-state index contributed by atoms with van der Waals surface area (Å²) in [6.07, 6.45) is 2.42. The zero-order valence-corrected chi connectivity index (χ0v) is 14.6. The highest BCUT2D eigenvalue weighted by atomic mass is 35.5. The minimum atomic E-state index is -3.79. The highest BCUT2D eigenvalue weighted by Crippen LogP contribution is 2.23. The van der Waals surface area contributed by atoms with Crippen molar-refractivity contribution >= 4 is 27.3 Å². The van der Waals surface area contributed by atoms with E-state index in [4.69, 9.17) is 11.6 Å². The van der Waals surface area contributed by atoms with E-state index in [1.807, 2.05) is 24.3 Å². The van der Waals surface area contributed by atoms with Crippen LogP contribution in [0.1, 0.15) is 18.4 Å². The molecule has 4 nitrogen and oxygen atoms in total. The molecule has 24 heavy (non-hydrogen) atoms. The fourth-order valence-corrected chi connectivity index (χ4v) is 4.30. The van der Waals surface area contributed by atoms with E-state index in [1.54, 1.807) is 0 Å². The van der Waals surface area contributed by atoms with Crippen LogP contribution in [0.5, 0.6) is 0 Å². The van der Waals surface area contributed by atoms with Gasteiger partial charge in [0.25, 0.3) is 0 Å². The number of hydrogen-bond donors (Lipinski definition) is 1. The molecular weight excluding hydrogens is 351 g/mol. The molecule has 1 aliphatic heterocycles. The molecule has 1 saturated heterocycles. The maximum Gasteiger partial charge on any atom is 0.242 e. The molecule has 0 aliphatic carbocycles. The van der Waals surface area contributed by atoms with Gasteiger partial charge in [0.15, 0.2) is 0 Å². The molecule has 128 valence electrons. The van der Waals surface area contributed by atoms with Crippen molar-refractivity contribution in [3.05, 3.63) is 58.9 Å². The Morgan fingerprint density at radius 2 is 1.75 bits per heavy atom. The Labute approximate surface area is 146 Å². The molecule has 0 amide bonds. The molecule has 1 aliphatic rings. The van der Waals surface area contributed by atoms with Gasteiger partial charge in [0.2, 0.25) is 10.0 Å². The molecular formula is C17H18ClFN2O2S. The van der Waals surface area contributed by atoms with Crippen LogP contribution in [0.4, 0.5) is 10.1 Å². The van der Waals surface area contributed by atoms with E-state index in [0.29, 0.717) is 0 Å². The molecule has 0 bridgehead atoms. The van der Waals surface area contributed by atoms with Gasteiger partial charge in [-0.15, -0.1) is 0 Å². The maximum absolute atomic E-state index is 13.0. The van der Waals surface area contributed by atoms with Crippen LogP contribution in [0.25, 0.3) is 0 Å². The molecule has 0 atom stereocenters. The molecule has 0 unspecified atom stereocenters. The highest BCUT2D eigenvalue weighted by Gasteiger charge is 2.18. The summed E-state index contributed by atoms with van der Waals surface area (Å²) >= 11 is 5.82. The summed E-state index contributed by atoms with van der Waals surface area (Å²) in [4.78, 5) is 2.19. The lowest BCUT2D eigenvalue weighted by Crippen LogP contribution is -2.23. The first-order valence-corrected chi connectivity index (χ1v) is 9.60. The fraction of sp³-hybridized carbons (Fsp3) is 0.294. The standard InChI is InChI=1S/C17H18ClFN2O2S/c18-16-11-14(19)5-8-17(16)24(22,23)20-12-13-3-6-15(7-4-13)21-9-1-2-10-21/h3-8,11,20H,1-2,9-10,12H2. The Balaban J connectivity index is 1.68. The van der Waals surface area contributed by atoms with Crippen molar-refractivity contribution in [2.75, 3.05) is 18.0 Å². The van der Waals surface area contributed by atoms with E-state index in [2.05, 4.69) is 9.62 Å². The van der Waals surface area contributed by atoms with E-state index in [1.165, 1.54) is 12.8 Å². The summed E-state index contributed by atoms with van der Waals surface area (Å²) in [6, 6.07) is 11.0. The summed E-state index contributed by atoms with van der Waals surface area (Å²) in [5.74, 6) is -0.573. The summed E-state index contributed by atoms with van der Waals surface area (Å²) in [5, 5.41) is -0.133. The number of nitrogens with zero attached hydrogens (tertiary/aromatic N) is 1. The molecule has 2 aromatic carbocycles. The SMILES string of the molecule is O=S(=O)(NCc1ccc(N2CCCC2)cc1)c1ccc(F)cc1Cl. The lowest BCUT2D eigenvalue weighted by atomic mass is 10.2. The van der Waals surface area contributed by atoms with Crippen molar-refractivity contribution in [3.63, 3.8) is 0 Å². The fourth-order valence-electron chi connectivity index (χ4n) is 2.75. The highest BCUT2D eigenvalue weighted by molar-refractivity contribution is 7.89. The Morgan fingerprint density at radius 1 is 1.08 bits per heavy atom. The van der Waals surface area contributed by atoms with Crippen molar-refractivity contribution in [2.24, 2.45) is 0 Å². The van der Waals surface area contributed by atoms with E-state index >= 15 is 0 Å². The minimum absolute atomic E-state index is 0.126. The predicted molar refractivity (Wildman–Crippen MR) is 93.3 cm³/mol. The summed E-state index contributed by atoms with van der Waals surface area (Å²) < 4.78 is 40.1. The molecule has 0 aromatic heterocycles. The van der Waals surface area contributed by atoms with E-state index in [-0.39, 0.29) is 16.5 Å². The van der Waals surface area contributed by atoms with Crippen molar-refractivity contribution in [1.29, 1.82) is 0 Å². The molecule has 3 rings (SSSR count). The molecule has 1 fully saturated rings. The van der Waals surface area contributed by atoms with Gasteiger partial charge in [-0.05, 0) is 48.7 Å². The van der Waals surface area contributed by atoms with Crippen LogP contribution in [-0.4, -0.2) is 21.5 Å². The summed E-state index contributed by atoms with van der Waals surface area (Å²) in [5.41, 5.74) is 2.00. The van der Waals surface area contributed by atoms with Crippen molar-refractivity contribution in [1.82, 2.24) is 4.72 Å². The quantitative estimate of drug-likeness (QED) is 0.877. The number of hydrogen-bond acceptors (Lipinski definition) is 3. The molecule has 2 aromatic rings. The van der Waals surface area contributed by atoms with Gasteiger partial charge in [-0.25, -0.2) is 17.5 Å². The second-order valence-corrected chi connectivity index (χ2v) is 7.90. The van der Waals surface area contributed by atoms with Gasteiger partial charge in [0.1, 0.15) is 10.7 Å². The predicted octanol–water partition coefficient (Wildman–Crippen LogP) is 3.56. The third kappa shape index (κ3) is 3.88. The van der Waals surface area contributed by atoms with Gasteiger partial charge in [0, 0.05) is 25.3 Å². The van der Waals surface area contributed by atoms with Crippen LogP contribution in [0.2, 0.25) is 5.02 Å². The van der Waals surface area contributed by atoms with Gasteiger partial charge in [-0.2, -0.15) is 0 Å². The number of benzene rings is 2. The Bertz CT molecular complexity index is 819. The van der Waals surface area contributed by atoms with Crippen LogP contribution in [0, 0.1) is 5.82 Å². The second-order valence-electron chi connectivity index (χ2n) is 5.76. The molecule has 1 N–H and O–H groups in total. The monoisotopic (exact) mass is 368 g/mol. The zero-order chi connectivity index (χ0) is 17.2. The Hall–Kier alpha value is -1.63. The van der Waals surface area contributed by atoms with Crippen LogP contribution in [0.3, 0.4) is 0 Å². The lowest BCUT2D eigenvalue weighted by Gasteiger charge is -2.17. The largest absolute Gasteiger partial charge is 0.372 e. The van der Waals surface area contributed by atoms with Crippen LogP contribution in [0.15, 0.2) is 47.4 Å². The van der Waals surface area contributed by atoms with E-state index in [9.17, 15) is 12.8 Å². The average molecular weight is 369 g/mol. The topological polar surface area (TPSA) is 49.4 Å². The number of halogens is 2. The minimum Gasteiger partial charge on any atom is -0.372 e. The first kappa shape index (κ1) is 17.2. The average Bonchev–Trinajstić information content (AvgIpc) is 3.07. The zero-order valence-electron chi connectivity index (χ0n) is 13.0. The molecule has 0 radical (unpaired) electrons. The van der Waals surface area contributed by atoms with E-state index in [0.717, 1.165) is 42.5 Å². The van der Waals surface area contributed by atoms with Crippen molar-refractivity contribution < 1.29 is 12.8 Å². The van der Waals surface area contributed by atoms with Gasteiger partial charge in [-0.3, -0.25) is 0 Å². The Kier molecular flexibility index (Phi) is 5.08. The van der Waals surface area contributed by atoms with Crippen molar-refractivity contribution in [3.8, 4) is 0 Å². The number of nitrogens with one attached hydrogen (secondary N) is 1. The van der Waals surface area contributed by atoms with Crippen LogP contribution in [-0.2, 0) is 16.6 Å². The molecule has 0 spiro atoms. The smallest absolute Gasteiger partial charge is 0.242 e. The van der Waals surface area contributed by atoms with Crippen LogP contribution < -0.4 is 9.62 Å². The second kappa shape index (κ2) is 7.09. The van der Waals surface area contributed by atoms with Gasteiger partial charge in [-0.1, -0.05) is 23.7 Å². The lowest BCUT2D eigenvalue weighted by molar-refractivity contribution is 0.580. The first-order chi connectivity index (χ1) is 11.5. The third-order valence-corrected chi connectivity index (χ3v) is 5.94. The van der Waals surface area contributed by atoms with Gasteiger partial charge >= 0.3 is 0 Å². The van der Waals surface area contributed by atoms with E-state index < -0.39 is 15.8 Å². The maximum atomic E-state index is 13.0. The normalized spacial score (nSPS) is 15.0. The molecule has 7 heteroatoms. The third-order valence-electron chi connectivity index (χ3n) is 4.06. The van der Waals surface area contributed by atoms with Crippen LogP contribution >= 0.6 is 11.6 Å². The summed E-state index contributed by atoms with van der Waals surface area (Å²) in [7, 11) is -3.79. The van der Waals surface area contributed by atoms with Gasteiger partial charge < -0.3 is 4.90 Å². The summed E-state index contributed by atoms with van der Waals surface area (Å²) in [6.45, 7) is 2.28. The van der Waals surface area contributed by atoms with Crippen molar-refractivity contribution in [2.45, 2.75) is 24.3 Å². The molecule has 1 heterocycles. The number of sulfonamides is 1. The number of rotatable bonds is 5. The number of anilines is 1.